The molecule has 1 aliphatic heterocycles. The molecular weight excluding hydrogens is 286 g/mol. The lowest BCUT2D eigenvalue weighted by Crippen LogP contribution is -2.40. The Morgan fingerprint density at radius 3 is 2.21 bits per heavy atom. The Kier molecular flexibility index (Phi) is 3.44. The first kappa shape index (κ1) is 14.1. The summed E-state index contributed by atoms with van der Waals surface area (Å²) in [6, 6.07) is 6.26. The van der Waals surface area contributed by atoms with Gasteiger partial charge in [0.05, 0.1) is 23.7 Å². The Hall–Kier alpha value is -1.34. The highest BCUT2D eigenvalue weighted by molar-refractivity contribution is 7.95. The maximum Gasteiger partial charge on any atom is 0.232 e. The highest BCUT2D eigenvalue weighted by Crippen LogP contribution is 2.25. The van der Waals surface area contributed by atoms with Crippen molar-refractivity contribution in [2.24, 2.45) is 0 Å². The predicted molar refractivity (Wildman–Crippen MR) is 75.2 cm³/mol. The van der Waals surface area contributed by atoms with Crippen molar-refractivity contribution in [3.63, 3.8) is 0 Å². The van der Waals surface area contributed by atoms with Crippen LogP contribution in [0.1, 0.15) is 5.56 Å². The van der Waals surface area contributed by atoms with E-state index >= 15 is 0 Å². The number of hydrogen-bond acceptors (Lipinski definition) is 4. The van der Waals surface area contributed by atoms with Crippen LogP contribution in [0.15, 0.2) is 35.7 Å². The van der Waals surface area contributed by atoms with Gasteiger partial charge in [0.1, 0.15) is 0 Å². The van der Waals surface area contributed by atoms with E-state index in [2.05, 4.69) is 0 Å². The molecule has 1 heterocycles. The van der Waals surface area contributed by atoms with Gasteiger partial charge in [-0.3, -0.25) is 4.31 Å². The lowest BCUT2D eigenvalue weighted by molar-refractivity contribution is 0.591. The predicted octanol–water partition coefficient (Wildman–Crippen LogP) is 1.07. The monoisotopic (exact) mass is 301 g/mol. The van der Waals surface area contributed by atoms with Crippen LogP contribution in [0.5, 0.6) is 0 Å². The maximum absolute atomic E-state index is 11.9. The second kappa shape index (κ2) is 4.64. The molecular formula is C12H15NO4S2. The average Bonchev–Trinajstić information content (AvgIpc) is 2.60. The van der Waals surface area contributed by atoms with Gasteiger partial charge in [-0.15, -0.1) is 0 Å². The van der Waals surface area contributed by atoms with Crippen molar-refractivity contribution >= 4 is 25.5 Å². The quantitative estimate of drug-likeness (QED) is 0.837. The van der Waals surface area contributed by atoms with Crippen molar-refractivity contribution in [2.45, 2.75) is 13.0 Å². The number of rotatable bonds is 3. The Labute approximate surface area is 113 Å². The average molecular weight is 301 g/mol. The highest BCUT2D eigenvalue weighted by Gasteiger charge is 2.32. The first-order valence-corrected chi connectivity index (χ1v) is 9.22. The summed E-state index contributed by atoms with van der Waals surface area (Å²) >= 11 is 0. The number of hydrogen-bond donors (Lipinski definition) is 0. The van der Waals surface area contributed by atoms with Crippen LogP contribution in [0, 0.1) is 6.92 Å². The fraction of sp³-hybridized carbons (Fsp3) is 0.333. The van der Waals surface area contributed by atoms with Crippen LogP contribution in [0.25, 0.3) is 0 Å². The number of aryl methyl sites for hydroxylation is 1. The topological polar surface area (TPSA) is 71.5 Å². The van der Waals surface area contributed by atoms with E-state index in [-0.39, 0.29) is 5.75 Å². The van der Waals surface area contributed by atoms with Gasteiger partial charge in [-0.05, 0) is 25.1 Å². The summed E-state index contributed by atoms with van der Waals surface area (Å²) in [5.41, 5.74) is 1.48. The molecule has 7 heteroatoms. The molecule has 0 aromatic heterocycles. The smallest absolute Gasteiger partial charge is 0.232 e. The van der Waals surface area contributed by atoms with Crippen LogP contribution in [-0.4, -0.2) is 34.9 Å². The first-order valence-electron chi connectivity index (χ1n) is 5.66. The Balaban J connectivity index is 2.45. The molecule has 0 radical (unpaired) electrons. The summed E-state index contributed by atoms with van der Waals surface area (Å²) in [7, 11) is -6.85. The van der Waals surface area contributed by atoms with Crippen LogP contribution < -0.4 is 4.31 Å². The van der Waals surface area contributed by atoms with Gasteiger partial charge < -0.3 is 0 Å². The lowest BCUT2D eigenvalue weighted by Gasteiger charge is -2.27. The summed E-state index contributed by atoms with van der Waals surface area (Å²) in [4.78, 5) is 0. The largest absolute Gasteiger partial charge is 0.263 e. The number of benzene rings is 1. The molecule has 0 amide bonds. The summed E-state index contributed by atoms with van der Waals surface area (Å²) in [6.45, 7) is 1.90. The zero-order chi connectivity index (χ0) is 14.3. The second-order valence-corrected chi connectivity index (χ2v) is 8.41. The number of nitrogens with zero attached hydrogens (tertiary/aromatic N) is 1. The van der Waals surface area contributed by atoms with Crippen LogP contribution in [0.4, 0.5) is 5.69 Å². The molecule has 19 heavy (non-hydrogen) atoms. The van der Waals surface area contributed by atoms with E-state index in [9.17, 15) is 16.8 Å². The molecule has 0 saturated heterocycles. The van der Waals surface area contributed by atoms with Gasteiger partial charge >= 0.3 is 0 Å². The minimum absolute atomic E-state index is 0.214. The molecule has 104 valence electrons. The van der Waals surface area contributed by atoms with Crippen LogP contribution in [0.3, 0.4) is 0 Å². The number of sulfone groups is 1. The number of sulfonamides is 1. The molecule has 0 N–H and O–H groups in total. The Morgan fingerprint density at radius 2 is 1.79 bits per heavy atom. The molecule has 0 saturated carbocycles. The van der Waals surface area contributed by atoms with E-state index in [1.165, 1.54) is 6.08 Å². The summed E-state index contributed by atoms with van der Waals surface area (Å²) in [5, 5.41) is 1.07. The SMILES string of the molecule is Cc1ccc(N([C@H]2C=CS(=O)(=O)C2)S(C)(=O)=O)cc1. The minimum Gasteiger partial charge on any atom is -0.263 e. The van der Waals surface area contributed by atoms with Crippen molar-refractivity contribution in [3.8, 4) is 0 Å². The van der Waals surface area contributed by atoms with E-state index in [0.29, 0.717) is 5.69 Å². The molecule has 1 aromatic rings. The van der Waals surface area contributed by atoms with E-state index in [1.807, 2.05) is 6.92 Å². The second-order valence-electron chi connectivity index (χ2n) is 4.62. The van der Waals surface area contributed by atoms with Crippen molar-refractivity contribution in [2.75, 3.05) is 16.3 Å². The summed E-state index contributed by atoms with van der Waals surface area (Å²) < 4.78 is 47.9. The van der Waals surface area contributed by atoms with Crippen molar-refractivity contribution in [1.82, 2.24) is 0 Å². The summed E-state index contributed by atoms with van der Waals surface area (Å²) in [5.74, 6) is -0.214. The van der Waals surface area contributed by atoms with Crippen LogP contribution >= 0.6 is 0 Å². The van der Waals surface area contributed by atoms with Gasteiger partial charge in [0, 0.05) is 5.41 Å². The van der Waals surface area contributed by atoms with Gasteiger partial charge in [0.15, 0.2) is 9.84 Å². The molecule has 0 aliphatic carbocycles. The third kappa shape index (κ3) is 3.16. The van der Waals surface area contributed by atoms with E-state index < -0.39 is 25.9 Å². The molecule has 1 atom stereocenters. The van der Waals surface area contributed by atoms with Gasteiger partial charge in [0.2, 0.25) is 10.0 Å². The summed E-state index contributed by atoms with van der Waals surface area (Å²) in [6.07, 6.45) is 2.49. The number of anilines is 1. The van der Waals surface area contributed by atoms with Gasteiger partial charge in [-0.25, -0.2) is 16.8 Å². The van der Waals surface area contributed by atoms with Crippen molar-refractivity contribution < 1.29 is 16.8 Å². The third-order valence-electron chi connectivity index (χ3n) is 2.86. The highest BCUT2D eigenvalue weighted by atomic mass is 32.2. The molecule has 0 bridgehead atoms. The molecule has 1 aliphatic rings. The standard InChI is InChI=1S/C12H15NO4S2/c1-10-3-5-11(6-4-10)13(18(2,14)15)12-7-8-19(16,17)9-12/h3-8,12H,9H2,1-2H3/t12-/m0/s1. The minimum atomic E-state index is -3.55. The molecule has 2 rings (SSSR count). The zero-order valence-electron chi connectivity index (χ0n) is 10.6. The Morgan fingerprint density at radius 1 is 1.21 bits per heavy atom. The van der Waals surface area contributed by atoms with Gasteiger partial charge in [-0.2, -0.15) is 0 Å². The zero-order valence-corrected chi connectivity index (χ0v) is 12.3. The molecule has 1 aromatic carbocycles. The van der Waals surface area contributed by atoms with Gasteiger partial charge in [-0.1, -0.05) is 17.7 Å². The normalized spacial score (nSPS) is 21.5. The fourth-order valence-corrected chi connectivity index (χ4v) is 4.53. The van der Waals surface area contributed by atoms with Crippen molar-refractivity contribution in [1.29, 1.82) is 0 Å². The van der Waals surface area contributed by atoms with Gasteiger partial charge in [0.25, 0.3) is 0 Å². The fourth-order valence-electron chi connectivity index (χ4n) is 2.03. The first-order chi connectivity index (χ1) is 8.69. The van der Waals surface area contributed by atoms with Crippen molar-refractivity contribution in [3.05, 3.63) is 41.3 Å². The molecule has 5 nitrogen and oxygen atoms in total. The molecule has 0 unspecified atom stereocenters. The molecule has 0 spiro atoms. The van der Waals surface area contributed by atoms with E-state index in [1.54, 1.807) is 24.3 Å². The lowest BCUT2D eigenvalue weighted by atomic mass is 10.2. The molecule has 0 fully saturated rings. The maximum atomic E-state index is 11.9. The van der Waals surface area contributed by atoms with E-state index in [0.717, 1.165) is 21.5 Å². The van der Waals surface area contributed by atoms with E-state index in [4.69, 9.17) is 0 Å². The Bertz CT molecular complexity index is 703. The third-order valence-corrected chi connectivity index (χ3v) is 5.43. The van der Waals surface area contributed by atoms with Crippen LogP contribution in [-0.2, 0) is 19.9 Å². The van der Waals surface area contributed by atoms with Crippen LogP contribution in [0.2, 0.25) is 0 Å².